The summed E-state index contributed by atoms with van der Waals surface area (Å²) < 4.78 is 25.2. The van der Waals surface area contributed by atoms with Gasteiger partial charge < -0.3 is 9.72 Å². The van der Waals surface area contributed by atoms with Crippen molar-refractivity contribution >= 4 is 33.0 Å². The second kappa shape index (κ2) is 6.76. The number of aryl methyl sites for hydroxylation is 2. The first kappa shape index (κ1) is 19.2. The number of hydrogen-bond donors (Lipinski definition) is 1. The summed E-state index contributed by atoms with van der Waals surface area (Å²) in [4.78, 5) is 25.2. The van der Waals surface area contributed by atoms with Crippen molar-refractivity contribution in [3.05, 3.63) is 65.4 Å². The van der Waals surface area contributed by atoms with E-state index in [1.807, 2.05) is 19.3 Å². The molecule has 0 amide bonds. The van der Waals surface area contributed by atoms with E-state index in [1.54, 1.807) is 49.6 Å². The summed E-state index contributed by atoms with van der Waals surface area (Å²) in [7, 11) is 5.05. The minimum Gasteiger partial charge on any atom is -0.496 e. The van der Waals surface area contributed by atoms with Crippen molar-refractivity contribution in [2.45, 2.75) is 0 Å². The Hall–Kier alpha value is -4.47. The van der Waals surface area contributed by atoms with Gasteiger partial charge in [0.15, 0.2) is 11.6 Å². The van der Waals surface area contributed by atoms with Crippen molar-refractivity contribution in [3.63, 3.8) is 0 Å². The molecule has 5 aromatic heterocycles. The Morgan fingerprint density at radius 3 is 2.76 bits per heavy atom. The molecule has 164 valence electrons. The number of rotatable bonds is 3. The van der Waals surface area contributed by atoms with Gasteiger partial charge in [-0.15, -0.1) is 0 Å². The minimum absolute atomic E-state index is 0.0770. The highest BCUT2D eigenvalue weighted by atomic mass is 19.1. The van der Waals surface area contributed by atoms with Crippen molar-refractivity contribution in [1.82, 2.24) is 33.9 Å². The number of aromatic nitrogens is 7. The van der Waals surface area contributed by atoms with Crippen LogP contribution in [0.4, 0.5) is 4.39 Å². The number of hydrogen-bond acceptors (Lipinski definition) is 5. The monoisotopic (exact) mass is 443 g/mol. The maximum Gasteiger partial charge on any atom is 0.334 e. The Bertz CT molecular complexity index is 1770. The zero-order chi connectivity index (χ0) is 22.9. The van der Waals surface area contributed by atoms with Crippen molar-refractivity contribution < 1.29 is 9.13 Å². The molecule has 33 heavy (non-hydrogen) atoms. The summed E-state index contributed by atoms with van der Waals surface area (Å²) >= 11 is 0. The Kier molecular flexibility index (Phi) is 3.94. The van der Waals surface area contributed by atoms with Crippen LogP contribution in [-0.4, -0.2) is 41.0 Å². The number of fused-ring (bicyclic) bond motifs is 4. The molecule has 0 atom stereocenters. The van der Waals surface area contributed by atoms with Gasteiger partial charge in [0, 0.05) is 54.5 Å². The maximum absolute atomic E-state index is 15.2. The quantitative estimate of drug-likeness (QED) is 0.453. The highest BCUT2D eigenvalue weighted by Crippen LogP contribution is 2.36. The van der Waals surface area contributed by atoms with Crippen LogP contribution in [-0.2, 0) is 14.1 Å². The van der Waals surface area contributed by atoms with Gasteiger partial charge in [-0.1, -0.05) is 0 Å². The fourth-order valence-corrected chi connectivity index (χ4v) is 4.28. The number of halogens is 1. The number of benzene rings is 1. The average Bonchev–Trinajstić information content (AvgIpc) is 3.51. The van der Waals surface area contributed by atoms with Crippen LogP contribution in [0.15, 0.2) is 53.8 Å². The number of imidazole rings is 1. The summed E-state index contributed by atoms with van der Waals surface area (Å²) in [6.07, 6.45) is 6.88. The summed E-state index contributed by atoms with van der Waals surface area (Å²) in [6.45, 7) is 0. The van der Waals surface area contributed by atoms with Gasteiger partial charge in [-0.3, -0.25) is 14.2 Å². The molecule has 5 heterocycles. The smallest absolute Gasteiger partial charge is 0.334 e. The predicted molar refractivity (Wildman–Crippen MR) is 122 cm³/mol. The van der Waals surface area contributed by atoms with Crippen molar-refractivity contribution in [1.29, 1.82) is 0 Å². The molecule has 0 bridgehead atoms. The molecule has 1 aromatic carbocycles. The van der Waals surface area contributed by atoms with Crippen molar-refractivity contribution in [2.75, 3.05) is 7.11 Å². The van der Waals surface area contributed by atoms with Crippen molar-refractivity contribution in [2.24, 2.45) is 14.1 Å². The van der Waals surface area contributed by atoms with Crippen LogP contribution in [0.25, 0.3) is 49.9 Å². The van der Waals surface area contributed by atoms with E-state index in [1.165, 1.54) is 15.2 Å². The largest absolute Gasteiger partial charge is 0.496 e. The van der Waals surface area contributed by atoms with E-state index in [9.17, 15) is 4.79 Å². The van der Waals surface area contributed by atoms with E-state index in [4.69, 9.17) is 4.74 Å². The fraction of sp³-hybridized carbons (Fsp3) is 0.130. The molecular formula is C23H18FN7O2. The molecule has 0 fully saturated rings. The molecular weight excluding hydrogens is 425 g/mol. The predicted octanol–water partition coefficient (Wildman–Crippen LogP) is 3.30. The molecule has 1 N–H and O–H groups in total. The van der Waals surface area contributed by atoms with Gasteiger partial charge in [0.25, 0.3) is 0 Å². The van der Waals surface area contributed by atoms with E-state index in [0.29, 0.717) is 38.7 Å². The molecule has 0 aliphatic heterocycles. The van der Waals surface area contributed by atoms with Crippen LogP contribution in [0, 0.1) is 5.82 Å². The third-order valence-corrected chi connectivity index (χ3v) is 5.90. The van der Waals surface area contributed by atoms with Gasteiger partial charge in [-0.2, -0.15) is 5.10 Å². The Labute approximate surface area is 185 Å². The number of aromatic amines is 1. The number of methoxy groups -OCH3 is 1. The highest BCUT2D eigenvalue weighted by Gasteiger charge is 2.22. The van der Waals surface area contributed by atoms with E-state index in [0.717, 1.165) is 11.1 Å². The average molecular weight is 443 g/mol. The molecule has 0 spiro atoms. The van der Waals surface area contributed by atoms with Gasteiger partial charge in [-0.05, 0) is 18.2 Å². The van der Waals surface area contributed by atoms with Gasteiger partial charge >= 0.3 is 5.69 Å². The maximum atomic E-state index is 15.2. The van der Waals surface area contributed by atoms with Gasteiger partial charge in [-0.25, -0.2) is 18.7 Å². The van der Waals surface area contributed by atoms with Crippen molar-refractivity contribution in [3.8, 4) is 22.7 Å². The lowest BCUT2D eigenvalue weighted by atomic mass is 10.0. The van der Waals surface area contributed by atoms with E-state index < -0.39 is 11.5 Å². The summed E-state index contributed by atoms with van der Waals surface area (Å²) in [5, 5.41) is 5.54. The molecule has 0 aliphatic carbocycles. The molecule has 9 nitrogen and oxygen atoms in total. The molecule has 0 radical (unpaired) electrons. The molecule has 0 aliphatic rings. The minimum atomic E-state index is -0.595. The van der Waals surface area contributed by atoms with Crippen LogP contribution in [0.5, 0.6) is 5.75 Å². The second-order valence-corrected chi connectivity index (χ2v) is 7.85. The number of nitrogens with one attached hydrogen (secondary N) is 1. The van der Waals surface area contributed by atoms with Crippen LogP contribution in [0.1, 0.15) is 0 Å². The first-order valence-corrected chi connectivity index (χ1v) is 10.2. The molecule has 0 saturated heterocycles. The fourth-order valence-electron chi connectivity index (χ4n) is 4.28. The Morgan fingerprint density at radius 1 is 1.15 bits per heavy atom. The highest BCUT2D eigenvalue weighted by molar-refractivity contribution is 6.05. The van der Waals surface area contributed by atoms with Gasteiger partial charge in [0.05, 0.1) is 36.1 Å². The Morgan fingerprint density at radius 2 is 2.00 bits per heavy atom. The van der Waals surface area contributed by atoms with Crippen LogP contribution < -0.4 is 10.4 Å². The normalized spacial score (nSPS) is 11.8. The van der Waals surface area contributed by atoms with Crippen LogP contribution >= 0.6 is 0 Å². The van der Waals surface area contributed by atoms with E-state index in [2.05, 4.69) is 20.1 Å². The topological polar surface area (TPSA) is 95.6 Å². The third kappa shape index (κ3) is 2.70. The lowest BCUT2D eigenvalue weighted by Crippen LogP contribution is -2.22. The summed E-state index contributed by atoms with van der Waals surface area (Å²) in [6, 6.07) is 6.79. The summed E-state index contributed by atoms with van der Waals surface area (Å²) in [5.41, 5.74) is 3.37. The van der Waals surface area contributed by atoms with E-state index >= 15 is 4.39 Å². The summed E-state index contributed by atoms with van der Waals surface area (Å²) in [5.74, 6) is -0.0567. The van der Waals surface area contributed by atoms with Gasteiger partial charge in [0.2, 0.25) is 0 Å². The zero-order valence-corrected chi connectivity index (χ0v) is 18.0. The third-order valence-electron chi connectivity index (χ3n) is 5.90. The first-order valence-electron chi connectivity index (χ1n) is 10.2. The number of ether oxygens (including phenoxy) is 1. The van der Waals surface area contributed by atoms with E-state index in [-0.39, 0.29) is 5.82 Å². The molecule has 0 saturated carbocycles. The lowest BCUT2D eigenvalue weighted by Gasteiger charge is -2.11. The first-order chi connectivity index (χ1) is 16.0. The zero-order valence-electron chi connectivity index (χ0n) is 18.0. The van der Waals surface area contributed by atoms with Crippen LogP contribution in [0.3, 0.4) is 0 Å². The van der Waals surface area contributed by atoms with Gasteiger partial charge in [0.1, 0.15) is 11.4 Å². The van der Waals surface area contributed by atoms with Crippen LogP contribution in [0.2, 0.25) is 0 Å². The standard InChI is InChI=1S/C23H18FN7O2/c1-29-11-13(9-27-29)14-7-15-17(8-19(14)33-3)26-10-18-20(15)31(23(32)30(18)2)22-16(24)6-12-4-5-25-21(12)28-22/h4-11H,1-3H3,(H,25,28). The molecule has 10 heteroatoms. The number of H-pyrrole nitrogens is 1. The SMILES string of the molecule is COc1cc2ncc3c(c2cc1-c1cnn(C)c1)n(-c1nc2[nH]ccc2cc1F)c(=O)n3C. The Balaban J connectivity index is 1.76. The number of pyridine rings is 2. The second-order valence-electron chi connectivity index (χ2n) is 7.85. The molecule has 0 unspecified atom stereocenters. The molecule has 6 rings (SSSR count). The molecule has 6 aromatic rings. The number of nitrogens with zero attached hydrogens (tertiary/aromatic N) is 6. The lowest BCUT2D eigenvalue weighted by molar-refractivity contribution is 0.417.